The Hall–Kier alpha value is -0.650. The van der Waals surface area contributed by atoms with E-state index >= 15 is 0 Å². The molecule has 0 fully saturated rings. The predicted molar refractivity (Wildman–Crippen MR) is 49.3 cm³/mol. The third-order valence-corrected chi connectivity index (χ3v) is 2.13. The lowest BCUT2D eigenvalue weighted by Crippen LogP contribution is -1.75. The van der Waals surface area contributed by atoms with Gasteiger partial charge in [0.15, 0.2) is 11.5 Å². The normalized spacial score (nSPS) is 10.7. The molecule has 56 valence electrons. The van der Waals surface area contributed by atoms with Gasteiger partial charge in [0.1, 0.15) is 5.52 Å². The highest BCUT2D eigenvalue weighted by Gasteiger charge is 2.04. The van der Waals surface area contributed by atoms with E-state index in [2.05, 4.69) is 32.6 Å². The molecule has 0 radical (unpaired) electrons. The third-order valence-electron chi connectivity index (χ3n) is 1.36. The zero-order valence-electron chi connectivity index (χ0n) is 5.84. The van der Waals surface area contributed by atoms with E-state index in [0.29, 0.717) is 5.89 Å². The number of aryl methyl sites for hydroxylation is 1. The Bertz CT molecular complexity index is 396. The van der Waals surface area contributed by atoms with Crippen LogP contribution < -0.4 is 0 Å². The molecule has 2 aromatic rings. The van der Waals surface area contributed by atoms with E-state index in [1.807, 2.05) is 6.92 Å². The monoisotopic (exact) mass is 260 g/mol. The van der Waals surface area contributed by atoms with Crippen molar-refractivity contribution in [2.75, 3.05) is 0 Å². The predicted octanol–water partition coefficient (Wildman–Crippen LogP) is 2.14. The molecule has 0 amide bonds. The standard InChI is InChI=1S/C7H5IN2O/c1-4-10-6-3-9-2-5(8)7(6)11-4/h2-3H,1H3. The van der Waals surface area contributed by atoms with E-state index in [9.17, 15) is 0 Å². The molecule has 0 aliphatic carbocycles. The fourth-order valence-corrected chi connectivity index (χ4v) is 1.48. The minimum absolute atomic E-state index is 0.686. The Balaban J connectivity index is 2.90. The number of pyridine rings is 1. The van der Waals surface area contributed by atoms with Gasteiger partial charge in [-0.25, -0.2) is 4.98 Å². The van der Waals surface area contributed by atoms with Crippen LogP contribution in [0, 0.1) is 10.5 Å². The quantitative estimate of drug-likeness (QED) is 0.681. The van der Waals surface area contributed by atoms with Gasteiger partial charge in [-0.2, -0.15) is 0 Å². The first kappa shape index (κ1) is 7.02. The van der Waals surface area contributed by atoms with Crippen LogP contribution in [0.5, 0.6) is 0 Å². The molecule has 0 atom stereocenters. The maximum atomic E-state index is 5.34. The van der Waals surface area contributed by atoms with E-state index in [-0.39, 0.29) is 0 Å². The largest absolute Gasteiger partial charge is 0.440 e. The molecule has 2 rings (SSSR count). The molecular formula is C7H5IN2O. The summed E-state index contributed by atoms with van der Waals surface area (Å²) in [5.74, 6) is 0.686. The molecule has 0 aromatic carbocycles. The van der Waals surface area contributed by atoms with Crippen LogP contribution >= 0.6 is 22.6 Å². The van der Waals surface area contributed by atoms with Crippen molar-refractivity contribution in [3.05, 3.63) is 21.9 Å². The molecule has 4 heteroatoms. The first-order chi connectivity index (χ1) is 5.27. The smallest absolute Gasteiger partial charge is 0.192 e. The van der Waals surface area contributed by atoms with Crippen molar-refractivity contribution >= 4 is 33.7 Å². The van der Waals surface area contributed by atoms with Gasteiger partial charge in [0.25, 0.3) is 0 Å². The van der Waals surface area contributed by atoms with Crippen LogP contribution in [0.2, 0.25) is 0 Å². The molecule has 11 heavy (non-hydrogen) atoms. The van der Waals surface area contributed by atoms with Gasteiger partial charge in [-0.3, -0.25) is 4.98 Å². The van der Waals surface area contributed by atoms with Crippen LogP contribution in [0.25, 0.3) is 11.1 Å². The number of hydrogen-bond acceptors (Lipinski definition) is 3. The van der Waals surface area contributed by atoms with Crippen LogP contribution in [0.3, 0.4) is 0 Å². The van der Waals surface area contributed by atoms with Crippen molar-refractivity contribution in [2.45, 2.75) is 6.92 Å². The molecule has 0 aliphatic rings. The molecule has 0 unspecified atom stereocenters. The molecule has 0 N–H and O–H groups in total. The highest BCUT2D eigenvalue weighted by Crippen LogP contribution is 2.19. The molecule has 0 spiro atoms. The van der Waals surface area contributed by atoms with Crippen LogP contribution in [-0.2, 0) is 0 Å². The van der Waals surface area contributed by atoms with Crippen LogP contribution in [0.1, 0.15) is 5.89 Å². The van der Waals surface area contributed by atoms with E-state index in [4.69, 9.17) is 4.42 Å². The fourth-order valence-electron chi connectivity index (χ4n) is 0.934. The SMILES string of the molecule is Cc1nc2cncc(I)c2o1. The maximum Gasteiger partial charge on any atom is 0.192 e. The molecule has 0 saturated heterocycles. The van der Waals surface area contributed by atoms with E-state index in [0.717, 1.165) is 14.7 Å². The summed E-state index contributed by atoms with van der Waals surface area (Å²) in [6.45, 7) is 1.83. The molecule has 2 heterocycles. The second kappa shape index (κ2) is 2.44. The minimum Gasteiger partial charge on any atom is -0.440 e. The number of aromatic nitrogens is 2. The lowest BCUT2D eigenvalue weighted by molar-refractivity contribution is 0.559. The number of nitrogens with zero attached hydrogens (tertiary/aromatic N) is 2. The molecule has 0 bridgehead atoms. The Morgan fingerprint density at radius 3 is 3.00 bits per heavy atom. The molecule has 0 aliphatic heterocycles. The number of oxazole rings is 1. The molecule has 0 saturated carbocycles. The summed E-state index contributed by atoms with van der Waals surface area (Å²) in [4.78, 5) is 8.14. The van der Waals surface area contributed by atoms with Gasteiger partial charge in [0.2, 0.25) is 0 Å². The number of halogens is 1. The summed E-state index contributed by atoms with van der Waals surface area (Å²) in [6, 6.07) is 0. The lowest BCUT2D eigenvalue weighted by atomic mass is 10.4. The summed E-state index contributed by atoms with van der Waals surface area (Å²) in [5.41, 5.74) is 1.66. The summed E-state index contributed by atoms with van der Waals surface area (Å²) < 4.78 is 6.34. The van der Waals surface area contributed by atoms with Gasteiger partial charge >= 0.3 is 0 Å². The lowest BCUT2D eigenvalue weighted by Gasteiger charge is -1.86. The number of fused-ring (bicyclic) bond motifs is 1. The Labute approximate surface area is 77.0 Å². The van der Waals surface area contributed by atoms with E-state index in [1.165, 1.54) is 0 Å². The second-order valence-corrected chi connectivity index (χ2v) is 3.36. The van der Waals surface area contributed by atoms with E-state index < -0.39 is 0 Å². The molecule has 2 aromatic heterocycles. The van der Waals surface area contributed by atoms with Crippen molar-refractivity contribution in [3.63, 3.8) is 0 Å². The van der Waals surface area contributed by atoms with Crippen LogP contribution in [0.4, 0.5) is 0 Å². The molecular weight excluding hydrogens is 255 g/mol. The van der Waals surface area contributed by atoms with E-state index in [1.54, 1.807) is 12.4 Å². The third kappa shape index (κ3) is 1.11. The zero-order chi connectivity index (χ0) is 7.84. The van der Waals surface area contributed by atoms with Gasteiger partial charge in [-0.1, -0.05) is 0 Å². The second-order valence-electron chi connectivity index (χ2n) is 2.20. The fraction of sp³-hybridized carbons (Fsp3) is 0.143. The zero-order valence-corrected chi connectivity index (χ0v) is 7.99. The summed E-state index contributed by atoms with van der Waals surface area (Å²) in [6.07, 6.45) is 3.46. The van der Waals surface area contributed by atoms with Gasteiger partial charge in [0, 0.05) is 13.1 Å². The van der Waals surface area contributed by atoms with Gasteiger partial charge < -0.3 is 4.42 Å². The minimum atomic E-state index is 0.686. The van der Waals surface area contributed by atoms with Gasteiger partial charge in [0.05, 0.1) is 9.77 Å². The first-order valence-corrected chi connectivity index (χ1v) is 4.22. The van der Waals surface area contributed by atoms with Crippen LogP contribution in [0.15, 0.2) is 16.8 Å². The van der Waals surface area contributed by atoms with Gasteiger partial charge in [-0.05, 0) is 22.6 Å². The summed E-state index contributed by atoms with van der Waals surface area (Å²) >= 11 is 2.18. The van der Waals surface area contributed by atoms with Crippen molar-refractivity contribution in [3.8, 4) is 0 Å². The topological polar surface area (TPSA) is 38.9 Å². The highest BCUT2D eigenvalue weighted by atomic mass is 127. The summed E-state index contributed by atoms with van der Waals surface area (Å²) in [7, 11) is 0. The van der Waals surface area contributed by atoms with Crippen molar-refractivity contribution in [1.29, 1.82) is 0 Å². The summed E-state index contributed by atoms with van der Waals surface area (Å²) in [5, 5.41) is 0. The Morgan fingerprint density at radius 1 is 1.45 bits per heavy atom. The average molecular weight is 260 g/mol. The van der Waals surface area contributed by atoms with Crippen molar-refractivity contribution in [2.24, 2.45) is 0 Å². The van der Waals surface area contributed by atoms with Crippen molar-refractivity contribution in [1.82, 2.24) is 9.97 Å². The maximum absolute atomic E-state index is 5.34. The number of hydrogen-bond donors (Lipinski definition) is 0. The van der Waals surface area contributed by atoms with Gasteiger partial charge in [-0.15, -0.1) is 0 Å². The first-order valence-electron chi connectivity index (χ1n) is 3.14. The number of rotatable bonds is 0. The van der Waals surface area contributed by atoms with Crippen LogP contribution in [-0.4, -0.2) is 9.97 Å². The average Bonchev–Trinajstić information content (AvgIpc) is 2.31. The Kier molecular flexibility index (Phi) is 1.56. The molecule has 3 nitrogen and oxygen atoms in total. The van der Waals surface area contributed by atoms with Crippen molar-refractivity contribution < 1.29 is 4.42 Å². The Morgan fingerprint density at radius 2 is 2.27 bits per heavy atom. The highest BCUT2D eigenvalue weighted by molar-refractivity contribution is 14.1.